The maximum Gasteiger partial charge on any atom is 0.282 e. The number of hydroxylamine groups is 1. The summed E-state index contributed by atoms with van der Waals surface area (Å²) in [5.74, 6) is -1.02. The number of non-ortho nitro benzene ring substituents is 2. The SMILES string of the molecule is O=C(c1cc([N+](=O)[O-])cc([N+](=O)[O-])c1)N(O)c1ccccc1. The number of nitro groups is 2. The zero-order valence-electron chi connectivity index (χ0n) is 10.9. The molecule has 0 saturated carbocycles. The number of hydrogen-bond donors (Lipinski definition) is 1. The predicted molar refractivity (Wildman–Crippen MR) is 74.8 cm³/mol. The molecule has 0 aliphatic rings. The van der Waals surface area contributed by atoms with Crippen LogP contribution < -0.4 is 5.06 Å². The van der Waals surface area contributed by atoms with E-state index in [0.717, 1.165) is 18.2 Å². The van der Waals surface area contributed by atoms with Gasteiger partial charge in [0.25, 0.3) is 17.3 Å². The molecule has 112 valence electrons. The molecule has 9 nitrogen and oxygen atoms in total. The van der Waals surface area contributed by atoms with E-state index in [4.69, 9.17) is 0 Å². The van der Waals surface area contributed by atoms with Crippen LogP contribution in [0.5, 0.6) is 0 Å². The lowest BCUT2D eigenvalue weighted by molar-refractivity contribution is -0.394. The Kier molecular flexibility index (Phi) is 4.09. The van der Waals surface area contributed by atoms with E-state index in [2.05, 4.69) is 0 Å². The number of carbonyl (C=O) groups is 1. The summed E-state index contributed by atoms with van der Waals surface area (Å²) in [6.07, 6.45) is 0. The van der Waals surface area contributed by atoms with Crippen LogP contribution in [0.1, 0.15) is 10.4 Å². The molecular weight excluding hydrogens is 294 g/mol. The Balaban J connectivity index is 2.45. The number of rotatable bonds is 4. The molecule has 1 amide bonds. The van der Waals surface area contributed by atoms with Crippen molar-refractivity contribution in [3.05, 3.63) is 74.3 Å². The first-order valence-corrected chi connectivity index (χ1v) is 5.92. The third-order valence-corrected chi connectivity index (χ3v) is 2.76. The van der Waals surface area contributed by atoms with E-state index in [1.165, 1.54) is 12.1 Å². The second-order valence-corrected chi connectivity index (χ2v) is 4.20. The lowest BCUT2D eigenvalue weighted by atomic mass is 10.1. The maximum absolute atomic E-state index is 12.1. The number of nitrogens with zero attached hydrogens (tertiary/aromatic N) is 3. The zero-order valence-corrected chi connectivity index (χ0v) is 10.9. The van der Waals surface area contributed by atoms with Crippen molar-refractivity contribution < 1.29 is 19.8 Å². The molecule has 9 heteroatoms. The minimum absolute atomic E-state index is 0.127. The molecule has 0 aromatic heterocycles. The van der Waals surface area contributed by atoms with Gasteiger partial charge in [0.15, 0.2) is 0 Å². The summed E-state index contributed by atoms with van der Waals surface area (Å²) in [7, 11) is 0. The van der Waals surface area contributed by atoms with Gasteiger partial charge in [0.05, 0.1) is 27.2 Å². The standard InChI is InChI=1S/C13H9N3O6/c17-13(14(18)10-4-2-1-3-5-10)9-6-11(15(19)20)8-12(7-9)16(21)22/h1-8,18H. The van der Waals surface area contributed by atoms with Crippen LogP contribution in [-0.4, -0.2) is 21.0 Å². The second kappa shape index (κ2) is 5.97. The number of hydrogen-bond acceptors (Lipinski definition) is 6. The van der Waals surface area contributed by atoms with Crippen molar-refractivity contribution in [2.45, 2.75) is 0 Å². The molecule has 22 heavy (non-hydrogen) atoms. The van der Waals surface area contributed by atoms with E-state index in [1.807, 2.05) is 0 Å². The Morgan fingerprint density at radius 1 is 0.955 bits per heavy atom. The summed E-state index contributed by atoms with van der Waals surface area (Å²) in [6, 6.07) is 10.1. The van der Waals surface area contributed by atoms with E-state index in [0.29, 0.717) is 0 Å². The maximum atomic E-state index is 12.1. The van der Waals surface area contributed by atoms with Gasteiger partial charge in [0.2, 0.25) is 0 Å². The summed E-state index contributed by atoms with van der Waals surface area (Å²) in [5.41, 5.74) is -1.47. The van der Waals surface area contributed by atoms with Gasteiger partial charge < -0.3 is 0 Å². The molecule has 2 rings (SSSR count). The van der Waals surface area contributed by atoms with Crippen molar-refractivity contribution in [1.82, 2.24) is 0 Å². The highest BCUT2D eigenvalue weighted by Gasteiger charge is 2.23. The van der Waals surface area contributed by atoms with Crippen molar-refractivity contribution in [3.8, 4) is 0 Å². The summed E-state index contributed by atoms with van der Waals surface area (Å²) >= 11 is 0. The fraction of sp³-hybridized carbons (Fsp3) is 0. The molecular formula is C13H9N3O6. The molecule has 2 aromatic carbocycles. The van der Waals surface area contributed by atoms with Crippen molar-refractivity contribution in [1.29, 1.82) is 0 Å². The van der Waals surface area contributed by atoms with Gasteiger partial charge in [-0.25, -0.2) is 0 Å². The van der Waals surface area contributed by atoms with E-state index < -0.39 is 27.1 Å². The highest BCUT2D eigenvalue weighted by Crippen LogP contribution is 2.24. The first-order chi connectivity index (χ1) is 10.4. The molecule has 0 unspecified atom stereocenters. The van der Waals surface area contributed by atoms with Gasteiger partial charge in [0.1, 0.15) is 0 Å². The third-order valence-electron chi connectivity index (χ3n) is 2.76. The van der Waals surface area contributed by atoms with Crippen LogP contribution in [0.15, 0.2) is 48.5 Å². The molecule has 0 heterocycles. The lowest BCUT2D eigenvalue weighted by Crippen LogP contribution is -2.27. The molecule has 0 atom stereocenters. The van der Waals surface area contributed by atoms with Gasteiger partial charge in [-0.2, -0.15) is 5.06 Å². The van der Waals surface area contributed by atoms with Crippen molar-refractivity contribution in [2.75, 3.05) is 5.06 Å². The second-order valence-electron chi connectivity index (χ2n) is 4.20. The fourth-order valence-corrected chi connectivity index (χ4v) is 1.74. The van der Waals surface area contributed by atoms with Crippen molar-refractivity contribution in [2.24, 2.45) is 0 Å². The minimum Gasteiger partial charge on any atom is -0.281 e. The monoisotopic (exact) mass is 303 g/mol. The molecule has 0 fully saturated rings. The minimum atomic E-state index is -1.02. The van der Waals surface area contributed by atoms with Gasteiger partial charge >= 0.3 is 0 Å². The summed E-state index contributed by atoms with van der Waals surface area (Å²) in [6.45, 7) is 0. The first kappa shape index (κ1) is 15.1. The van der Waals surface area contributed by atoms with Gasteiger partial charge in [-0.1, -0.05) is 18.2 Å². The van der Waals surface area contributed by atoms with Crippen LogP contribution >= 0.6 is 0 Å². The predicted octanol–water partition coefficient (Wildman–Crippen LogP) is 2.54. The van der Waals surface area contributed by atoms with Gasteiger partial charge in [0, 0.05) is 12.1 Å². The van der Waals surface area contributed by atoms with Gasteiger partial charge in [-0.05, 0) is 12.1 Å². The molecule has 0 aliphatic heterocycles. The number of para-hydroxylation sites is 1. The van der Waals surface area contributed by atoms with Gasteiger partial charge in [-0.3, -0.25) is 30.2 Å². The first-order valence-electron chi connectivity index (χ1n) is 5.92. The number of nitro benzene ring substituents is 2. The Labute approximate surface area is 123 Å². The number of anilines is 1. The number of amides is 1. The van der Waals surface area contributed by atoms with Crippen LogP contribution in [0.3, 0.4) is 0 Å². The van der Waals surface area contributed by atoms with E-state index >= 15 is 0 Å². The highest BCUT2D eigenvalue weighted by atomic mass is 16.6. The lowest BCUT2D eigenvalue weighted by Gasteiger charge is -2.14. The number of carbonyl (C=O) groups excluding carboxylic acids is 1. The van der Waals surface area contributed by atoms with Crippen molar-refractivity contribution in [3.63, 3.8) is 0 Å². The van der Waals surface area contributed by atoms with Crippen LogP contribution in [-0.2, 0) is 0 Å². The largest absolute Gasteiger partial charge is 0.282 e. The quantitative estimate of drug-likeness (QED) is 0.525. The molecule has 0 saturated heterocycles. The van der Waals surface area contributed by atoms with Crippen LogP contribution in [0, 0.1) is 20.2 Å². The summed E-state index contributed by atoms with van der Waals surface area (Å²) in [4.78, 5) is 32.0. The number of benzene rings is 2. The summed E-state index contributed by atoms with van der Waals surface area (Å²) < 4.78 is 0. The molecule has 0 aliphatic carbocycles. The van der Waals surface area contributed by atoms with E-state index in [1.54, 1.807) is 18.2 Å². The molecule has 1 N–H and O–H groups in total. The Hall–Kier alpha value is -3.33. The Morgan fingerprint density at radius 2 is 1.45 bits per heavy atom. The zero-order chi connectivity index (χ0) is 16.3. The van der Waals surface area contributed by atoms with Crippen molar-refractivity contribution >= 4 is 23.0 Å². The molecule has 2 aromatic rings. The smallest absolute Gasteiger partial charge is 0.281 e. The van der Waals surface area contributed by atoms with Gasteiger partial charge in [-0.15, -0.1) is 0 Å². The average molecular weight is 303 g/mol. The average Bonchev–Trinajstić information content (AvgIpc) is 2.53. The highest BCUT2D eigenvalue weighted by molar-refractivity contribution is 6.05. The molecule has 0 spiro atoms. The van der Waals surface area contributed by atoms with Crippen LogP contribution in [0.2, 0.25) is 0 Å². The van der Waals surface area contributed by atoms with Crippen LogP contribution in [0.4, 0.5) is 17.1 Å². The van der Waals surface area contributed by atoms with E-state index in [-0.39, 0.29) is 16.3 Å². The fourth-order valence-electron chi connectivity index (χ4n) is 1.74. The summed E-state index contributed by atoms with van der Waals surface area (Å²) in [5, 5.41) is 31.7. The molecule has 0 radical (unpaired) electrons. The topological polar surface area (TPSA) is 127 Å². The van der Waals surface area contributed by atoms with E-state index in [9.17, 15) is 30.2 Å². The Morgan fingerprint density at radius 3 is 1.91 bits per heavy atom. The molecule has 0 bridgehead atoms. The van der Waals surface area contributed by atoms with Crippen LogP contribution in [0.25, 0.3) is 0 Å². The normalized spacial score (nSPS) is 10.0. The third kappa shape index (κ3) is 3.04. The Bertz CT molecular complexity index is 714.